The van der Waals surface area contributed by atoms with Crippen LogP contribution in [0.1, 0.15) is 12.8 Å². The lowest BCUT2D eigenvalue weighted by Gasteiger charge is -2.23. The second-order valence-corrected chi connectivity index (χ2v) is 6.21. The van der Waals surface area contributed by atoms with Crippen LogP contribution in [0.25, 0.3) is 0 Å². The Morgan fingerprint density at radius 2 is 1.33 bits per heavy atom. The molecule has 0 aromatic rings. The third-order valence-corrected chi connectivity index (χ3v) is 4.17. The first-order valence-corrected chi connectivity index (χ1v) is 10.4. The van der Waals surface area contributed by atoms with Crippen molar-refractivity contribution >= 4 is 69.0 Å². The molecule has 0 heterocycles. The molecule has 24 heavy (non-hydrogen) atoms. The molecule has 0 radical (unpaired) electrons. The fourth-order valence-electron chi connectivity index (χ4n) is 1.62. The number of nitrogens with zero attached hydrogens (tertiary/aromatic N) is 1. The van der Waals surface area contributed by atoms with Gasteiger partial charge in [0, 0.05) is 39.1 Å². The van der Waals surface area contributed by atoms with E-state index in [0.29, 0.717) is 41.5 Å². The lowest BCUT2D eigenvalue weighted by molar-refractivity contribution is -0.137. The van der Waals surface area contributed by atoms with Gasteiger partial charge >= 0.3 is 12.0 Å². The van der Waals surface area contributed by atoms with Crippen LogP contribution in [0.15, 0.2) is 0 Å². The smallest absolute Gasteiger partial charge is 0.317 e. The van der Waals surface area contributed by atoms with Gasteiger partial charge in [-0.15, -0.1) is 0 Å². The van der Waals surface area contributed by atoms with Crippen molar-refractivity contribution in [2.24, 2.45) is 0 Å². The number of rotatable bonds is 12. The van der Waals surface area contributed by atoms with E-state index in [4.69, 9.17) is 5.11 Å². The highest BCUT2D eigenvalue weighted by Gasteiger charge is 2.13. The number of carboxylic acids is 1. The second kappa shape index (κ2) is 14.5. The Balaban J connectivity index is 4.31. The van der Waals surface area contributed by atoms with Gasteiger partial charge in [-0.05, 0) is 6.42 Å². The van der Waals surface area contributed by atoms with Crippen LogP contribution in [-0.2, 0) is 14.4 Å². The van der Waals surface area contributed by atoms with E-state index in [1.54, 1.807) is 0 Å². The summed E-state index contributed by atoms with van der Waals surface area (Å²) in [6.45, 7) is 1.47. The summed E-state index contributed by atoms with van der Waals surface area (Å²) in [4.78, 5) is 46.5. The van der Waals surface area contributed by atoms with Crippen molar-refractivity contribution in [1.29, 1.82) is 0 Å². The zero-order valence-electron chi connectivity index (χ0n) is 13.1. The van der Waals surface area contributed by atoms with Crippen LogP contribution >= 0.6 is 45.2 Å². The maximum Gasteiger partial charge on any atom is 0.317 e. The number of amides is 4. The van der Waals surface area contributed by atoms with Crippen molar-refractivity contribution in [2.45, 2.75) is 12.8 Å². The predicted octanol–water partition coefficient (Wildman–Crippen LogP) is -0.0348. The maximum atomic E-state index is 12.1. The van der Waals surface area contributed by atoms with Crippen LogP contribution in [0.3, 0.4) is 0 Å². The minimum atomic E-state index is -0.913. The summed E-state index contributed by atoms with van der Waals surface area (Å²) >= 11 is 3.89. The van der Waals surface area contributed by atoms with Gasteiger partial charge in [0.2, 0.25) is 11.8 Å². The number of halogens is 2. The molecule has 0 aliphatic rings. The van der Waals surface area contributed by atoms with Crippen LogP contribution in [0.5, 0.6) is 0 Å². The molecule has 0 rings (SSSR count). The number of carbonyl (C=O) groups is 4. The van der Waals surface area contributed by atoms with Gasteiger partial charge in [-0.3, -0.25) is 14.4 Å². The molecule has 0 atom stereocenters. The summed E-state index contributed by atoms with van der Waals surface area (Å²) in [6, 6.07) is -0.354. The van der Waals surface area contributed by atoms with Gasteiger partial charge in [0.25, 0.3) is 0 Å². The molecule has 0 spiro atoms. The molecule has 9 nitrogen and oxygen atoms in total. The van der Waals surface area contributed by atoms with Crippen molar-refractivity contribution in [3.05, 3.63) is 0 Å². The van der Waals surface area contributed by atoms with E-state index in [2.05, 4.69) is 16.0 Å². The van der Waals surface area contributed by atoms with Crippen LogP contribution in [0.2, 0.25) is 0 Å². The quantitative estimate of drug-likeness (QED) is 0.150. The molecule has 4 amide bonds. The Labute approximate surface area is 167 Å². The van der Waals surface area contributed by atoms with E-state index < -0.39 is 5.97 Å². The Kier molecular flexibility index (Phi) is 14.0. The molecule has 4 N–H and O–H groups in total. The van der Waals surface area contributed by atoms with Crippen LogP contribution in [-0.4, -0.2) is 75.4 Å². The van der Waals surface area contributed by atoms with Crippen molar-refractivity contribution < 1.29 is 24.3 Å². The monoisotopic (exact) mass is 568 g/mol. The van der Waals surface area contributed by atoms with E-state index in [1.165, 1.54) is 4.90 Å². The largest absolute Gasteiger partial charge is 0.481 e. The van der Waals surface area contributed by atoms with Gasteiger partial charge in [-0.25, -0.2) is 4.79 Å². The summed E-state index contributed by atoms with van der Waals surface area (Å²) in [5.74, 6) is -1.14. The average Bonchev–Trinajstić information content (AvgIpc) is 2.56. The number of urea groups is 1. The van der Waals surface area contributed by atoms with Gasteiger partial charge in [0.05, 0.1) is 8.86 Å². The number of hydrogen-bond donors (Lipinski definition) is 4. The van der Waals surface area contributed by atoms with E-state index in [9.17, 15) is 19.2 Å². The van der Waals surface area contributed by atoms with Crippen LogP contribution in [0.4, 0.5) is 4.79 Å². The third-order valence-electron chi connectivity index (χ3n) is 2.78. The molecule has 0 aliphatic heterocycles. The number of carbonyl (C=O) groups excluding carboxylic acids is 3. The Morgan fingerprint density at radius 1 is 0.833 bits per heavy atom. The lowest BCUT2D eigenvalue weighted by atomic mass is 10.3. The summed E-state index contributed by atoms with van der Waals surface area (Å²) in [6.07, 6.45) is 0.323. The van der Waals surface area contributed by atoms with Gasteiger partial charge in [-0.2, -0.15) is 0 Å². The molecular weight excluding hydrogens is 546 g/mol. The van der Waals surface area contributed by atoms with Crippen molar-refractivity contribution in [3.63, 3.8) is 0 Å². The second-order valence-electron chi connectivity index (χ2n) is 4.68. The van der Waals surface area contributed by atoms with Crippen LogP contribution in [0, 0.1) is 0 Å². The fourth-order valence-corrected chi connectivity index (χ4v) is 2.16. The van der Waals surface area contributed by atoms with Crippen molar-refractivity contribution in [1.82, 2.24) is 20.9 Å². The predicted molar refractivity (Wildman–Crippen MR) is 106 cm³/mol. The molecule has 138 valence electrons. The molecular formula is C13H22I2N4O5. The standard InChI is InChI=1S/C13H22I2N4O5/c14-8-10(20)16-4-6-19(7-5-17-11(21)9-15)13(24)18-3-1-2-12(22)23/h1-9H2,(H,16,20)(H,17,21)(H,18,24)(H,22,23). The molecule has 0 unspecified atom stereocenters. The van der Waals surface area contributed by atoms with E-state index in [-0.39, 0.29) is 30.8 Å². The van der Waals surface area contributed by atoms with Gasteiger partial charge in [0.1, 0.15) is 0 Å². The molecule has 0 saturated carbocycles. The Morgan fingerprint density at radius 3 is 1.75 bits per heavy atom. The summed E-state index contributed by atoms with van der Waals surface area (Å²) in [5, 5.41) is 16.6. The molecule has 0 fully saturated rings. The highest BCUT2D eigenvalue weighted by molar-refractivity contribution is 14.1. The van der Waals surface area contributed by atoms with Crippen molar-refractivity contribution in [2.75, 3.05) is 41.6 Å². The van der Waals surface area contributed by atoms with E-state index >= 15 is 0 Å². The number of carboxylic acid groups (broad SMARTS) is 1. The molecule has 0 aromatic heterocycles. The minimum absolute atomic E-state index is 0.0162. The number of nitrogens with one attached hydrogen (secondary N) is 3. The molecule has 11 heteroatoms. The third kappa shape index (κ3) is 12.5. The Bertz CT molecular complexity index is 415. The van der Waals surface area contributed by atoms with Gasteiger partial charge in [0.15, 0.2) is 0 Å². The fraction of sp³-hybridized carbons (Fsp3) is 0.692. The molecule has 0 saturated heterocycles. The number of alkyl halides is 2. The summed E-state index contributed by atoms with van der Waals surface area (Å²) < 4.78 is 0.676. The first-order valence-electron chi connectivity index (χ1n) is 7.30. The Hall–Kier alpha value is -0.860. The summed E-state index contributed by atoms with van der Waals surface area (Å²) in [7, 11) is 0. The van der Waals surface area contributed by atoms with E-state index in [0.717, 1.165) is 0 Å². The zero-order valence-corrected chi connectivity index (χ0v) is 17.5. The van der Waals surface area contributed by atoms with Gasteiger partial charge < -0.3 is 26.0 Å². The van der Waals surface area contributed by atoms with Gasteiger partial charge in [-0.1, -0.05) is 45.2 Å². The average molecular weight is 568 g/mol. The number of hydrogen-bond acceptors (Lipinski definition) is 4. The first-order chi connectivity index (χ1) is 11.4. The molecule has 0 aromatic carbocycles. The van der Waals surface area contributed by atoms with Crippen LogP contribution < -0.4 is 16.0 Å². The number of aliphatic carboxylic acids is 1. The van der Waals surface area contributed by atoms with E-state index in [1.807, 2.05) is 45.2 Å². The minimum Gasteiger partial charge on any atom is -0.481 e. The highest BCUT2D eigenvalue weighted by atomic mass is 127. The lowest BCUT2D eigenvalue weighted by Crippen LogP contribution is -2.47. The summed E-state index contributed by atoms with van der Waals surface area (Å²) in [5.41, 5.74) is 0. The zero-order chi connectivity index (χ0) is 18.4. The normalized spacial score (nSPS) is 9.92. The first kappa shape index (κ1) is 23.1. The van der Waals surface area contributed by atoms with Crippen molar-refractivity contribution in [3.8, 4) is 0 Å². The SMILES string of the molecule is O=C(O)CCCNC(=O)N(CCNC(=O)CI)CCNC(=O)CI. The highest BCUT2D eigenvalue weighted by Crippen LogP contribution is 1.92. The molecule has 0 aliphatic carbocycles. The molecule has 0 bridgehead atoms. The maximum absolute atomic E-state index is 12.1. The topological polar surface area (TPSA) is 128 Å².